The first-order valence-electron chi connectivity index (χ1n) is 9.13. The zero-order valence-electron chi connectivity index (χ0n) is 16.4. The van der Waals surface area contributed by atoms with Gasteiger partial charge in [0.1, 0.15) is 24.5 Å². The molecule has 0 saturated heterocycles. The summed E-state index contributed by atoms with van der Waals surface area (Å²) in [5.74, 6) is 1.28. The first-order valence-corrected chi connectivity index (χ1v) is 9.13. The van der Waals surface area contributed by atoms with Gasteiger partial charge in [0.2, 0.25) is 0 Å². The average Bonchev–Trinajstić information content (AvgIpc) is 3.12. The van der Waals surface area contributed by atoms with E-state index >= 15 is 0 Å². The van der Waals surface area contributed by atoms with Crippen molar-refractivity contribution in [3.8, 4) is 5.75 Å². The third kappa shape index (κ3) is 8.07. The summed E-state index contributed by atoms with van der Waals surface area (Å²) in [6.45, 7) is 6.14. The van der Waals surface area contributed by atoms with Crippen molar-refractivity contribution in [1.29, 1.82) is 0 Å². The average molecular weight is 526 g/mol. The van der Waals surface area contributed by atoms with Crippen LogP contribution in [0.25, 0.3) is 0 Å². The maximum atomic E-state index is 13.0. The van der Waals surface area contributed by atoms with Crippen LogP contribution in [-0.2, 0) is 19.1 Å². The molecule has 0 atom stereocenters. The number of aliphatic imine (C=N–C) groups is 1. The number of rotatable bonds is 9. The molecule has 0 aliphatic heterocycles. The van der Waals surface area contributed by atoms with E-state index in [1.807, 2.05) is 18.4 Å². The van der Waals surface area contributed by atoms with Gasteiger partial charge in [0.05, 0.1) is 18.7 Å². The highest BCUT2D eigenvalue weighted by Crippen LogP contribution is 2.35. The van der Waals surface area contributed by atoms with Crippen LogP contribution in [0.1, 0.15) is 25.2 Å². The van der Waals surface area contributed by atoms with E-state index < -0.39 is 11.7 Å². The molecule has 1 aromatic carbocycles. The summed E-state index contributed by atoms with van der Waals surface area (Å²) < 4.78 is 46.1. The molecule has 0 saturated carbocycles. The van der Waals surface area contributed by atoms with Gasteiger partial charge in [-0.3, -0.25) is 4.99 Å². The third-order valence-corrected chi connectivity index (χ3v) is 3.81. The molecule has 29 heavy (non-hydrogen) atoms. The lowest BCUT2D eigenvalue weighted by Crippen LogP contribution is -2.39. The summed E-state index contributed by atoms with van der Waals surface area (Å²) in [5.41, 5.74) is -0.781. The van der Waals surface area contributed by atoms with Gasteiger partial charge in [-0.05, 0) is 19.1 Å². The molecule has 2 N–H and O–H groups in total. The summed E-state index contributed by atoms with van der Waals surface area (Å²) in [6.07, 6.45) is -1.99. The van der Waals surface area contributed by atoms with Gasteiger partial charge >= 0.3 is 6.18 Å². The van der Waals surface area contributed by atoms with Gasteiger partial charge in [0.15, 0.2) is 5.96 Å². The van der Waals surface area contributed by atoms with Crippen LogP contribution in [0.5, 0.6) is 5.75 Å². The third-order valence-electron chi connectivity index (χ3n) is 3.81. The van der Waals surface area contributed by atoms with Crippen molar-refractivity contribution in [2.24, 2.45) is 4.99 Å². The van der Waals surface area contributed by atoms with E-state index in [1.165, 1.54) is 18.2 Å². The normalized spacial score (nSPS) is 11.7. The highest BCUT2D eigenvalue weighted by atomic mass is 127. The van der Waals surface area contributed by atoms with Gasteiger partial charge in [-0.15, -0.1) is 34.2 Å². The van der Waals surface area contributed by atoms with Crippen LogP contribution in [0.3, 0.4) is 0 Å². The predicted octanol–water partition coefficient (Wildman–Crippen LogP) is 3.11. The number of guanidine groups is 1. The fraction of sp³-hybridized carbons (Fsp3) is 0.500. The number of alkyl halides is 3. The molecule has 0 bridgehead atoms. The Kier molecular flexibility index (Phi) is 10.8. The number of benzene rings is 1. The summed E-state index contributed by atoms with van der Waals surface area (Å²) >= 11 is 0. The Bertz CT molecular complexity index is 766. The lowest BCUT2D eigenvalue weighted by molar-refractivity contribution is -0.138. The summed E-state index contributed by atoms with van der Waals surface area (Å²) in [5, 5.41) is 14.0. The number of nitrogens with zero attached hydrogens (tertiary/aromatic N) is 4. The van der Waals surface area contributed by atoms with Crippen molar-refractivity contribution in [3.63, 3.8) is 0 Å². The molecular weight excluding hydrogens is 500 g/mol. The maximum absolute atomic E-state index is 13.0. The Labute approximate surface area is 185 Å². The van der Waals surface area contributed by atoms with Gasteiger partial charge in [-0.1, -0.05) is 19.1 Å². The molecular formula is C18H26F3IN6O. The molecule has 0 fully saturated rings. The van der Waals surface area contributed by atoms with E-state index in [0.717, 1.165) is 18.3 Å². The number of ether oxygens (including phenoxy) is 1. The molecule has 162 valence electrons. The van der Waals surface area contributed by atoms with Crippen LogP contribution >= 0.6 is 24.0 Å². The second kappa shape index (κ2) is 12.5. The van der Waals surface area contributed by atoms with E-state index in [-0.39, 0.29) is 36.3 Å². The standard InChI is InChI=1S/C18H25F3N6O.HI/c1-3-16-26-25-13-27(16)11-9-23-17(22-4-2)24-10-12-28-15-8-6-5-7-14(15)18(19,20)21;/h5-8,13H,3-4,9-12H2,1-2H3,(H2,22,23,24);1H. The fourth-order valence-corrected chi connectivity index (χ4v) is 2.51. The van der Waals surface area contributed by atoms with E-state index in [2.05, 4.69) is 25.8 Å². The minimum absolute atomic E-state index is 0. The highest BCUT2D eigenvalue weighted by Gasteiger charge is 2.33. The minimum Gasteiger partial charge on any atom is -0.491 e. The fourth-order valence-electron chi connectivity index (χ4n) is 2.51. The second-order valence-corrected chi connectivity index (χ2v) is 5.82. The molecule has 1 heterocycles. The number of nitrogens with one attached hydrogen (secondary N) is 2. The molecule has 7 nitrogen and oxygen atoms in total. The molecule has 0 aliphatic carbocycles. The number of aromatic nitrogens is 3. The van der Waals surface area contributed by atoms with Crippen LogP contribution in [0.15, 0.2) is 35.6 Å². The quantitative estimate of drug-likeness (QED) is 0.228. The lowest BCUT2D eigenvalue weighted by atomic mass is 10.2. The Balaban J connectivity index is 0.00000420. The van der Waals surface area contributed by atoms with Gasteiger partial charge < -0.3 is 19.9 Å². The largest absolute Gasteiger partial charge is 0.491 e. The smallest absolute Gasteiger partial charge is 0.419 e. The summed E-state index contributed by atoms with van der Waals surface area (Å²) in [4.78, 5) is 4.45. The summed E-state index contributed by atoms with van der Waals surface area (Å²) in [7, 11) is 0. The van der Waals surface area contributed by atoms with Crippen molar-refractivity contribution < 1.29 is 17.9 Å². The topological polar surface area (TPSA) is 76.4 Å². The SMILES string of the molecule is CCNC(=NCCn1cnnc1CC)NCCOc1ccccc1C(F)(F)F.I. The second-order valence-electron chi connectivity index (χ2n) is 5.82. The van der Waals surface area contributed by atoms with Gasteiger partial charge in [0.25, 0.3) is 0 Å². The Morgan fingerprint density at radius 1 is 1.21 bits per heavy atom. The lowest BCUT2D eigenvalue weighted by Gasteiger charge is -2.15. The minimum atomic E-state index is -4.44. The molecule has 0 amide bonds. The van der Waals surface area contributed by atoms with Crippen molar-refractivity contribution >= 4 is 29.9 Å². The van der Waals surface area contributed by atoms with Gasteiger partial charge in [-0.25, -0.2) is 0 Å². The van der Waals surface area contributed by atoms with E-state index in [0.29, 0.717) is 32.1 Å². The first kappa shape index (κ1) is 25.0. The number of aryl methyl sites for hydroxylation is 1. The molecule has 1 aromatic heterocycles. The van der Waals surface area contributed by atoms with Crippen LogP contribution in [-0.4, -0.2) is 47.0 Å². The molecule has 0 radical (unpaired) electrons. The van der Waals surface area contributed by atoms with Gasteiger partial charge in [-0.2, -0.15) is 13.2 Å². The van der Waals surface area contributed by atoms with Crippen molar-refractivity contribution in [2.75, 3.05) is 26.2 Å². The van der Waals surface area contributed by atoms with Crippen LogP contribution in [0.4, 0.5) is 13.2 Å². The number of para-hydroxylation sites is 1. The highest BCUT2D eigenvalue weighted by molar-refractivity contribution is 14.0. The van der Waals surface area contributed by atoms with Crippen molar-refractivity contribution in [2.45, 2.75) is 33.0 Å². The summed E-state index contributed by atoms with van der Waals surface area (Å²) in [6, 6.07) is 5.17. The molecule has 2 rings (SSSR count). The zero-order valence-corrected chi connectivity index (χ0v) is 18.7. The van der Waals surface area contributed by atoms with E-state index in [9.17, 15) is 13.2 Å². The van der Waals surface area contributed by atoms with Crippen molar-refractivity contribution in [1.82, 2.24) is 25.4 Å². The zero-order chi connectivity index (χ0) is 20.4. The number of hydrogen-bond acceptors (Lipinski definition) is 4. The van der Waals surface area contributed by atoms with Gasteiger partial charge in [0, 0.05) is 19.5 Å². The molecule has 2 aromatic rings. The Morgan fingerprint density at radius 2 is 1.97 bits per heavy atom. The monoisotopic (exact) mass is 526 g/mol. The first-order chi connectivity index (χ1) is 13.5. The Morgan fingerprint density at radius 3 is 2.66 bits per heavy atom. The molecule has 11 heteroatoms. The van der Waals surface area contributed by atoms with Crippen LogP contribution in [0.2, 0.25) is 0 Å². The van der Waals surface area contributed by atoms with Crippen molar-refractivity contribution in [3.05, 3.63) is 42.0 Å². The Hall–Kier alpha value is -2.05. The molecule has 0 spiro atoms. The number of halogens is 4. The van der Waals surface area contributed by atoms with Crippen LogP contribution < -0.4 is 15.4 Å². The molecule has 0 unspecified atom stereocenters. The van der Waals surface area contributed by atoms with E-state index in [1.54, 1.807) is 6.33 Å². The van der Waals surface area contributed by atoms with Crippen LogP contribution in [0, 0.1) is 0 Å². The predicted molar refractivity (Wildman–Crippen MR) is 116 cm³/mol. The number of hydrogen-bond donors (Lipinski definition) is 2. The molecule has 0 aliphatic rings. The maximum Gasteiger partial charge on any atom is 0.419 e. The van der Waals surface area contributed by atoms with E-state index in [4.69, 9.17) is 4.74 Å².